The molecule has 0 unspecified atom stereocenters. The molecule has 43 heavy (non-hydrogen) atoms. The second-order valence-corrected chi connectivity index (χ2v) is 10.9. The number of nitrogens with zero attached hydrogens (tertiary/aromatic N) is 3. The lowest BCUT2D eigenvalue weighted by atomic mass is 10.0. The normalized spacial score (nSPS) is 16.6. The van der Waals surface area contributed by atoms with Crippen molar-refractivity contribution >= 4 is 52.3 Å². The molecule has 13 heteroatoms. The summed E-state index contributed by atoms with van der Waals surface area (Å²) in [5.41, 5.74) is 7.43. The minimum Gasteiger partial charge on any atom is -0.442 e. The minimum atomic E-state index is -0.530. The monoisotopic (exact) mass is 612 g/mol. The second-order valence-electron chi connectivity index (χ2n) is 10.4. The molecule has 230 valence electrons. The third-order valence-electron chi connectivity index (χ3n) is 7.46. The number of piperazine rings is 1. The van der Waals surface area contributed by atoms with E-state index in [1.807, 2.05) is 11.8 Å². The number of cyclic esters (lactones) is 1. The standard InChI is InChI=1S/C30H37FN6O5S/c1-2-28(43)34-18-23-19-37(30(41)42-23)22-7-8-25(24(31)15-22)35-11-13-36(14-12-35)29(40)10-9-26(38)21-5-3-20(4-6-21)17-33-27(39)16-32/h3-8,15,23H,2,9-14,16-19,32H2,1H3,(H,33,39)(H,34,43)/t23-/m0/s1. The lowest BCUT2D eigenvalue weighted by Gasteiger charge is -2.36. The number of nitrogens with one attached hydrogen (secondary N) is 2. The number of thiocarbonyl (C=S) groups is 1. The number of hydrogen-bond donors (Lipinski definition) is 3. The summed E-state index contributed by atoms with van der Waals surface area (Å²) < 4.78 is 20.6. The third-order valence-corrected chi connectivity index (χ3v) is 7.89. The van der Waals surface area contributed by atoms with Gasteiger partial charge in [0.15, 0.2) is 5.78 Å². The fraction of sp³-hybridized carbons (Fsp3) is 0.433. The van der Waals surface area contributed by atoms with Gasteiger partial charge in [0.25, 0.3) is 0 Å². The second kappa shape index (κ2) is 14.9. The van der Waals surface area contributed by atoms with E-state index in [0.717, 1.165) is 5.56 Å². The predicted octanol–water partition coefficient (Wildman–Crippen LogP) is 2.36. The molecule has 0 aromatic heterocycles. The van der Waals surface area contributed by atoms with E-state index in [0.29, 0.717) is 74.2 Å². The van der Waals surface area contributed by atoms with Gasteiger partial charge in [-0.05, 0) is 30.2 Å². The third kappa shape index (κ3) is 8.48. The lowest BCUT2D eigenvalue weighted by molar-refractivity contribution is -0.131. The van der Waals surface area contributed by atoms with Gasteiger partial charge in [-0.3, -0.25) is 19.3 Å². The van der Waals surface area contributed by atoms with E-state index in [1.54, 1.807) is 41.3 Å². The molecule has 2 aromatic carbocycles. The molecule has 11 nitrogen and oxygen atoms in total. The van der Waals surface area contributed by atoms with Gasteiger partial charge in [-0.25, -0.2) is 9.18 Å². The van der Waals surface area contributed by atoms with Crippen LogP contribution in [0, 0.1) is 5.82 Å². The fourth-order valence-corrected chi connectivity index (χ4v) is 5.00. The van der Waals surface area contributed by atoms with Crippen molar-refractivity contribution in [1.29, 1.82) is 0 Å². The Morgan fingerprint density at radius 1 is 1.05 bits per heavy atom. The highest BCUT2D eigenvalue weighted by molar-refractivity contribution is 7.80. The topological polar surface area (TPSA) is 137 Å². The molecule has 2 fully saturated rings. The number of carbonyl (C=O) groups is 4. The van der Waals surface area contributed by atoms with Crippen molar-refractivity contribution in [2.45, 2.75) is 38.8 Å². The molecular weight excluding hydrogens is 575 g/mol. The van der Waals surface area contributed by atoms with Gasteiger partial charge in [0.2, 0.25) is 11.8 Å². The zero-order valence-electron chi connectivity index (χ0n) is 24.1. The predicted molar refractivity (Wildman–Crippen MR) is 165 cm³/mol. The van der Waals surface area contributed by atoms with E-state index in [2.05, 4.69) is 10.6 Å². The van der Waals surface area contributed by atoms with Gasteiger partial charge in [-0.1, -0.05) is 43.4 Å². The summed E-state index contributed by atoms with van der Waals surface area (Å²) in [6.07, 6.45) is -0.0479. The molecule has 4 rings (SSSR count). The van der Waals surface area contributed by atoms with Crippen LogP contribution in [0.2, 0.25) is 0 Å². The molecule has 2 heterocycles. The number of benzene rings is 2. The summed E-state index contributed by atoms with van der Waals surface area (Å²) in [5, 5.41) is 5.73. The highest BCUT2D eigenvalue weighted by Crippen LogP contribution is 2.28. The van der Waals surface area contributed by atoms with Crippen molar-refractivity contribution in [3.05, 3.63) is 59.4 Å². The number of halogens is 1. The molecule has 0 spiro atoms. The van der Waals surface area contributed by atoms with Crippen LogP contribution in [-0.2, 0) is 20.9 Å². The molecule has 0 bridgehead atoms. The largest absolute Gasteiger partial charge is 0.442 e. The van der Waals surface area contributed by atoms with Crippen LogP contribution in [0.1, 0.15) is 42.1 Å². The Balaban J connectivity index is 1.23. The Morgan fingerprint density at radius 3 is 2.42 bits per heavy atom. The number of nitrogens with two attached hydrogens (primary N) is 1. The first-order chi connectivity index (χ1) is 20.7. The van der Waals surface area contributed by atoms with Gasteiger partial charge in [0, 0.05) is 51.1 Å². The Labute approximate surface area is 255 Å². The highest BCUT2D eigenvalue weighted by atomic mass is 32.1. The molecule has 2 aliphatic heterocycles. The van der Waals surface area contributed by atoms with Crippen molar-refractivity contribution in [3.8, 4) is 0 Å². The number of ketones is 1. The molecule has 0 aliphatic carbocycles. The van der Waals surface area contributed by atoms with Gasteiger partial charge in [0.05, 0.1) is 36.0 Å². The van der Waals surface area contributed by atoms with Gasteiger partial charge >= 0.3 is 6.09 Å². The minimum absolute atomic E-state index is 0.0829. The van der Waals surface area contributed by atoms with Gasteiger partial charge in [0.1, 0.15) is 11.9 Å². The van der Waals surface area contributed by atoms with Crippen LogP contribution in [0.3, 0.4) is 0 Å². The van der Waals surface area contributed by atoms with Gasteiger partial charge in [-0.15, -0.1) is 0 Å². The number of amides is 3. The van der Waals surface area contributed by atoms with Crippen LogP contribution in [-0.4, -0.2) is 85.5 Å². The smallest absolute Gasteiger partial charge is 0.414 e. The Bertz CT molecular complexity index is 1350. The Morgan fingerprint density at radius 2 is 1.77 bits per heavy atom. The van der Waals surface area contributed by atoms with E-state index in [1.165, 1.54) is 11.0 Å². The zero-order chi connectivity index (χ0) is 30.9. The van der Waals surface area contributed by atoms with Crippen molar-refractivity contribution in [2.75, 3.05) is 55.6 Å². The number of rotatable bonds is 12. The van der Waals surface area contributed by atoms with Crippen LogP contribution in [0.15, 0.2) is 42.5 Å². The summed E-state index contributed by atoms with van der Waals surface area (Å²) in [4.78, 5) is 54.7. The Hall–Kier alpha value is -4.10. The van der Waals surface area contributed by atoms with E-state index >= 15 is 4.39 Å². The lowest BCUT2D eigenvalue weighted by Crippen LogP contribution is -2.49. The van der Waals surface area contributed by atoms with Crippen molar-refractivity contribution < 1.29 is 28.3 Å². The van der Waals surface area contributed by atoms with E-state index in [9.17, 15) is 19.2 Å². The SMILES string of the molecule is CCC(=S)NC[C@H]1CN(c2ccc(N3CCN(C(=O)CCC(=O)c4ccc(CNC(=O)CN)cc4)CC3)c(F)c2)C(=O)O1. The number of anilines is 2. The van der Waals surface area contributed by atoms with Gasteiger partial charge in [-0.2, -0.15) is 0 Å². The summed E-state index contributed by atoms with van der Waals surface area (Å²) >= 11 is 5.15. The molecule has 4 N–H and O–H groups in total. The average Bonchev–Trinajstić information content (AvgIpc) is 3.41. The molecule has 2 aliphatic rings. The van der Waals surface area contributed by atoms with Crippen molar-refractivity contribution in [3.63, 3.8) is 0 Å². The number of hydrogen-bond acceptors (Lipinski definition) is 8. The van der Waals surface area contributed by atoms with Crippen LogP contribution in [0.5, 0.6) is 0 Å². The first kappa shape index (κ1) is 31.8. The number of Topliss-reactive ketones (excluding diaryl/α,β-unsaturated/α-hetero) is 1. The molecular formula is C30H37FN6O5S. The summed E-state index contributed by atoms with van der Waals surface area (Å²) in [6.45, 7) is 4.56. The maximum absolute atomic E-state index is 15.2. The molecule has 0 saturated carbocycles. The van der Waals surface area contributed by atoms with E-state index < -0.39 is 11.9 Å². The molecule has 0 radical (unpaired) electrons. The summed E-state index contributed by atoms with van der Waals surface area (Å²) in [7, 11) is 0. The quantitative estimate of drug-likeness (QED) is 0.244. The maximum atomic E-state index is 15.2. The van der Waals surface area contributed by atoms with Crippen LogP contribution >= 0.6 is 12.2 Å². The highest BCUT2D eigenvalue weighted by Gasteiger charge is 2.33. The molecule has 3 amide bonds. The molecule has 2 aromatic rings. The fourth-order valence-electron chi connectivity index (χ4n) is 4.91. The Kier molecular flexibility index (Phi) is 11.0. The average molecular weight is 613 g/mol. The molecule has 2 saturated heterocycles. The maximum Gasteiger partial charge on any atom is 0.414 e. The van der Waals surface area contributed by atoms with E-state index in [-0.39, 0.29) is 43.1 Å². The van der Waals surface area contributed by atoms with Crippen LogP contribution in [0.25, 0.3) is 0 Å². The summed E-state index contributed by atoms with van der Waals surface area (Å²) in [5.74, 6) is -0.983. The zero-order valence-corrected chi connectivity index (χ0v) is 25.0. The van der Waals surface area contributed by atoms with Gasteiger partial charge < -0.3 is 30.9 Å². The van der Waals surface area contributed by atoms with Crippen molar-refractivity contribution in [2.24, 2.45) is 5.73 Å². The summed E-state index contributed by atoms with van der Waals surface area (Å²) in [6, 6.07) is 11.5. The van der Waals surface area contributed by atoms with Crippen LogP contribution < -0.4 is 26.2 Å². The first-order valence-electron chi connectivity index (χ1n) is 14.3. The molecule has 1 atom stereocenters. The van der Waals surface area contributed by atoms with Crippen LogP contribution in [0.4, 0.5) is 20.6 Å². The number of ether oxygens (including phenoxy) is 1. The number of carbonyl (C=O) groups excluding carboxylic acids is 4. The van der Waals surface area contributed by atoms with E-state index in [4.69, 9.17) is 22.7 Å². The first-order valence-corrected chi connectivity index (χ1v) is 14.7. The van der Waals surface area contributed by atoms with Crippen molar-refractivity contribution in [1.82, 2.24) is 15.5 Å².